The van der Waals surface area contributed by atoms with Crippen LogP contribution in [0, 0.1) is 5.82 Å². The van der Waals surface area contributed by atoms with E-state index in [0.29, 0.717) is 51.4 Å². The number of piperazine rings is 1. The van der Waals surface area contributed by atoms with Gasteiger partial charge < -0.3 is 24.8 Å². The van der Waals surface area contributed by atoms with Crippen molar-refractivity contribution in [2.45, 2.75) is 20.0 Å². The summed E-state index contributed by atoms with van der Waals surface area (Å²) in [5.74, 6) is 0.587. The summed E-state index contributed by atoms with van der Waals surface area (Å²) in [5, 5.41) is 3.33. The van der Waals surface area contributed by atoms with Gasteiger partial charge in [-0.1, -0.05) is 6.07 Å². The van der Waals surface area contributed by atoms with Crippen LogP contribution in [0.5, 0.6) is 0 Å². The number of benzene rings is 1. The fourth-order valence-corrected chi connectivity index (χ4v) is 3.03. The minimum Gasteiger partial charge on any atom is -0.450 e. The topological polar surface area (TPSA) is 60.4 Å². The number of amides is 1. The Morgan fingerprint density at radius 2 is 1.89 bits per heavy atom. The number of ether oxygens (including phenoxy) is 1. The third-order valence-electron chi connectivity index (χ3n) is 4.36. The van der Waals surface area contributed by atoms with Crippen LogP contribution in [0.1, 0.15) is 18.1 Å². The Balaban J connectivity index is 0.00000392. The van der Waals surface area contributed by atoms with Crippen molar-refractivity contribution < 1.29 is 13.9 Å². The van der Waals surface area contributed by atoms with Crippen molar-refractivity contribution in [2.75, 3.05) is 53.9 Å². The molecular weight excluding hydrogens is 476 g/mol. The summed E-state index contributed by atoms with van der Waals surface area (Å²) in [6, 6.07) is 5.18. The molecule has 158 valence electrons. The van der Waals surface area contributed by atoms with Crippen molar-refractivity contribution in [3.05, 3.63) is 35.1 Å². The second kappa shape index (κ2) is 12.1. The van der Waals surface area contributed by atoms with Gasteiger partial charge in [0.1, 0.15) is 5.82 Å². The lowest BCUT2D eigenvalue weighted by Crippen LogP contribution is -2.53. The first-order valence-electron chi connectivity index (χ1n) is 9.24. The van der Waals surface area contributed by atoms with Gasteiger partial charge in [-0.3, -0.25) is 4.99 Å². The Kier molecular flexibility index (Phi) is 10.5. The number of nitrogens with one attached hydrogen (secondary N) is 1. The average molecular weight is 507 g/mol. The van der Waals surface area contributed by atoms with Crippen LogP contribution in [-0.4, -0.2) is 80.7 Å². The molecule has 28 heavy (non-hydrogen) atoms. The highest BCUT2D eigenvalue weighted by Crippen LogP contribution is 2.12. The molecule has 0 radical (unpaired) electrons. The van der Waals surface area contributed by atoms with Gasteiger partial charge in [0, 0.05) is 51.9 Å². The number of hydrogen-bond donors (Lipinski definition) is 1. The maximum Gasteiger partial charge on any atom is 0.409 e. The molecule has 0 unspecified atom stereocenters. The molecule has 0 spiro atoms. The van der Waals surface area contributed by atoms with E-state index in [1.54, 1.807) is 24.9 Å². The number of carbonyl (C=O) groups is 1. The molecule has 1 aliphatic rings. The molecule has 0 atom stereocenters. The highest BCUT2D eigenvalue weighted by Gasteiger charge is 2.23. The van der Waals surface area contributed by atoms with E-state index in [4.69, 9.17) is 4.74 Å². The second-order valence-electron chi connectivity index (χ2n) is 6.74. The van der Waals surface area contributed by atoms with Crippen LogP contribution < -0.4 is 5.32 Å². The first-order chi connectivity index (χ1) is 12.9. The Bertz CT molecular complexity index is 664. The highest BCUT2D eigenvalue weighted by atomic mass is 127. The largest absolute Gasteiger partial charge is 0.450 e. The Labute approximate surface area is 183 Å². The van der Waals surface area contributed by atoms with E-state index in [9.17, 15) is 9.18 Å². The lowest BCUT2D eigenvalue weighted by molar-refractivity contribution is 0.0914. The molecule has 7 nitrogen and oxygen atoms in total. The van der Waals surface area contributed by atoms with Gasteiger partial charge in [0.15, 0.2) is 5.96 Å². The Morgan fingerprint density at radius 1 is 1.25 bits per heavy atom. The molecule has 0 aromatic heterocycles. The molecule has 1 heterocycles. The van der Waals surface area contributed by atoms with Gasteiger partial charge in [-0.15, -0.1) is 24.0 Å². The summed E-state index contributed by atoms with van der Waals surface area (Å²) in [4.78, 5) is 21.9. The van der Waals surface area contributed by atoms with Crippen LogP contribution in [0.15, 0.2) is 23.2 Å². The van der Waals surface area contributed by atoms with Gasteiger partial charge in [-0.05, 0) is 38.7 Å². The molecule has 1 N–H and O–H groups in total. The molecule has 1 aromatic rings. The van der Waals surface area contributed by atoms with Crippen LogP contribution in [0.2, 0.25) is 0 Å². The van der Waals surface area contributed by atoms with Crippen molar-refractivity contribution in [3.8, 4) is 0 Å². The van der Waals surface area contributed by atoms with Crippen LogP contribution in [-0.2, 0) is 17.8 Å². The number of carbonyl (C=O) groups excluding carboxylic acids is 1. The summed E-state index contributed by atoms with van der Waals surface area (Å²) in [7, 11) is 5.58. The fourth-order valence-electron chi connectivity index (χ4n) is 3.03. The zero-order valence-electron chi connectivity index (χ0n) is 17.1. The number of nitrogens with zero attached hydrogens (tertiary/aromatic N) is 4. The summed E-state index contributed by atoms with van der Waals surface area (Å²) < 4.78 is 19.0. The smallest absolute Gasteiger partial charge is 0.409 e. The third kappa shape index (κ3) is 7.08. The third-order valence-corrected chi connectivity index (χ3v) is 4.36. The van der Waals surface area contributed by atoms with Crippen molar-refractivity contribution in [2.24, 2.45) is 4.99 Å². The maximum absolute atomic E-state index is 13.9. The molecule has 1 aromatic carbocycles. The zero-order valence-corrected chi connectivity index (χ0v) is 19.4. The molecule has 1 aliphatic heterocycles. The summed E-state index contributed by atoms with van der Waals surface area (Å²) in [5.41, 5.74) is 1.68. The summed E-state index contributed by atoms with van der Waals surface area (Å²) in [6.45, 7) is 5.89. The molecule has 2 rings (SSSR count). The molecule has 1 amide bonds. The second-order valence-corrected chi connectivity index (χ2v) is 6.74. The molecular formula is C19H31FIN5O2. The van der Waals surface area contributed by atoms with Crippen LogP contribution >= 0.6 is 24.0 Å². The number of halogens is 2. The monoisotopic (exact) mass is 507 g/mol. The maximum atomic E-state index is 13.9. The van der Waals surface area contributed by atoms with Crippen LogP contribution in [0.25, 0.3) is 0 Å². The molecule has 1 saturated heterocycles. The van der Waals surface area contributed by atoms with E-state index in [0.717, 1.165) is 11.5 Å². The number of aliphatic imine (C=N–C) groups is 1. The normalized spacial score (nSPS) is 14.7. The highest BCUT2D eigenvalue weighted by molar-refractivity contribution is 14.0. The summed E-state index contributed by atoms with van der Waals surface area (Å²) in [6.07, 6.45) is -0.264. The van der Waals surface area contributed by atoms with E-state index in [2.05, 4.69) is 15.2 Å². The lowest BCUT2D eigenvalue weighted by Gasteiger charge is -2.35. The van der Waals surface area contributed by atoms with Crippen molar-refractivity contribution in [1.29, 1.82) is 0 Å². The number of rotatable bonds is 5. The quantitative estimate of drug-likeness (QED) is 0.377. The Hall–Kier alpha value is -1.62. The van der Waals surface area contributed by atoms with E-state index < -0.39 is 0 Å². The first-order valence-corrected chi connectivity index (χ1v) is 9.24. The molecule has 0 bridgehead atoms. The van der Waals surface area contributed by atoms with Gasteiger partial charge in [-0.2, -0.15) is 0 Å². The van der Waals surface area contributed by atoms with E-state index in [1.807, 2.05) is 25.1 Å². The lowest BCUT2D eigenvalue weighted by atomic mass is 10.1. The van der Waals surface area contributed by atoms with E-state index >= 15 is 0 Å². The number of guanidine groups is 1. The summed E-state index contributed by atoms with van der Waals surface area (Å²) >= 11 is 0. The first kappa shape index (κ1) is 24.4. The fraction of sp³-hybridized carbons (Fsp3) is 0.579. The Morgan fingerprint density at radius 3 is 2.46 bits per heavy atom. The van der Waals surface area contributed by atoms with Gasteiger partial charge in [0.25, 0.3) is 0 Å². The van der Waals surface area contributed by atoms with Crippen molar-refractivity contribution >= 4 is 36.0 Å². The number of hydrogen-bond acceptors (Lipinski definition) is 4. The predicted octanol–water partition coefficient (Wildman–Crippen LogP) is 2.35. The molecule has 0 aliphatic carbocycles. The van der Waals surface area contributed by atoms with Gasteiger partial charge >= 0.3 is 6.09 Å². The molecule has 1 fully saturated rings. The van der Waals surface area contributed by atoms with Crippen LogP contribution in [0.3, 0.4) is 0 Å². The zero-order chi connectivity index (χ0) is 19.8. The van der Waals surface area contributed by atoms with E-state index in [1.165, 1.54) is 6.07 Å². The minimum atomic E-state index is -0.264. The molecule has 0 saturated carbocycles. The van der Waals surface area contributed by atoms with Crippen molar-refractivity contribution in [3.63, 3.8) is 0 Å². The van der Waals surface area contributed by atoms with Crippen LogP contribution in [0.4, 0.5) is 9.18 Å². The molecule has 9 heteroatoms. The average Bonchev–Trinajstić information content (AvgIpc) is 2.65. The standard InChI is InChI=1S/C19H30FN5O2.HI/c1-5-27-19(26)25-10-8-24(9-11-25)18(21-2)22-13-15-6-7-17(20)16(12-15)14-23(3)4;/h6-7,12H,5,8-11,13-14H2,1-4H3,(H,21,22);1H. The SMILES string of the molecule is CCOC(=O)N1CCN(C(=NC)NCc2ccc(F)c(CN(C)C)c2)CC1.I. The van der Waals surface area contributed by atoms with E-state index in [-0.39, 0.29) is 35.9 Å². The van der Waals surface area contributed by atoms with Gasteiger partial charge in [-0.25, -0.2) is 9.18 Å². The van der Waals surface area contributed by atoms with Crippen molar-refractivity contribution in [1.82, 2.24) is 20.0 Å². The minimum absolute atomic E-state index is 0. The van der Waals surface area contributed by atoms with Gasteiger partial charge in [0.2, 0.25) is 0 Å². The predicted molar refractivity (Wildman–Crippen MR) is 120 cm³/mol. The van der Waals surface area contributed by atoms with Gasteiger partial charge in [0.05, 0.1) is 6.61 Å².